The topological polar surface area (TPSA) is 55.1 Å². The Bertz CT molecular complexity index is 460. The van der Waals surface area contributed by atoms with Crippen molar-refractivity contribution in [1.29, 1.82) is 0 Å². The van der Waals surface area contributed by atoms with Gasteiger partial charge in [0.15, 0.2) is 0 Å². The molecule has 3 rings (SSSR count). The highest BCUT2D eigenvalue weighted by Crippen LogP contribution is 2.39. The molecule has 3 aliphatic rings. The van der Waals surface area contributed by atoms with Crippen LogP contribution in [0, 0.1) is 11.8 Å². The zero-order valence-electron chi connectivity index (χ0n) is 9.45. The molecule has 0 bridgehead atoms. The van der Waals surface area contributed by atoms with Crippen LogP contribution >= 0.6 is 15.9 Å². The molecule has 4 heteroatoms. The third-order valence-electron chi connectivity index (χ3n) is 3.62. The maximum Gasteiger partial charge on any atom is 0.226 e. The van der Waals surface area contributed by atoms with Crippen LogP contribution in [0.2, 0.25) is 0 Å². The van der Waals surface area contributed by atoms with E-state index in [1.807, 2.05) is 12.2 Å². The zero-order chi connectivity index (χ0) is 12.0. The van der Waals surface area contributed by atoms with Gasteiger partial charge in [0, 0.05) is 10.2 Å². The lowest BCUT2D eigenvalue weighted by atomic mass is 9.89. The fourth-order valence-corrected chi connectivity index (χ4v) is 3.02. The highest BCUT2D eigenvalue weighted by atomic mass is 79.9. The predicted molar refractivity (Wildman–Crippen MR) is 70.1 cm³/mol. The lowest BCUT2D eigenvalue weighted by Crippen LogP contribution is -2.40. The van der Waals surface area contributed by atoms with Crippen LogP contribution in [0.4, 0.5) is 0 Å². The molecule has 17 heavy (non-hydrogen) atoms. The van der Waals surface area contributed by atoms with Crippen LogP contribution in [0.25, 0.3) is 0 Å². The predicted octanol–water partition coefficient (Wildman–Crippen LogP) is 1.96. The van der Waals surface area contributed by atoms with Crippen molar-refractivity contribution in [2.45, 2.75) is 25.3 Å². The Morgan fingerprint density at radius 2 is 2.29 bits per heavy atom. The number of carbonyl (C=O) groups is 1. The minimum Gasteiger partial charge on any atom is -0.380 e. The van der Waals surface area contributed by atoms with Gasteiger partial charge in [0.2, 0.25) is 5.91 Å². The standard InChI is InChI=1S/C13H15BrN2O/c14-11-4-3-9(13(15)17)12-10(11)6-8(16-12)5-7-1-2-7/h3-4,6-7,9,12,16H,1-2,5H2,(H2,15,17). The van der Waals surface area contributed by atoms with Crippen LogP contribution in [0.15, 0.2) is 34.0 Å². The molecular formula is C13H15BrN2O. The molecule has 3 N–H and O–H groups in total. The minimum atomic E-state index is -0.266. The first-order valence-electron chi connectivity index (χ1n) is 5.99. The van der Waals surface area contributed by atoms with Crippen molar-refractivity contribution in [3.63, 3.8) is 0 Å². The summed E-state index contributed by atoms with van der Waals surface area (Å²) in [4.78, 5) is 11.4. The van der Waals surface area contributed by atoms with Gasteiger partial charge in [0.05, 0.1) is 12.0 Å². The van der Waals surface area contributed by atoms with E-state index in [1.165, 1.54) is 18.5 Å². The van der Waals surface area contributed by atoms with Gasteiger partial charge in [-0.15, -0.1) is 0 Å². The maximum atomic E-state index is 11.4. The number of fused-ring (bicyclic) bond motifs is 1. The normalized spacial score (nSPS) is 31.0. The molecular weight excluding hydrogens is 280 g/mol. The SMILES string of the molecule is NC(=O)C1C=CC(Br)=C2C=C(CC3CC3)NC21. The average molecular weight is 295 g/mol. The van der Waals surface area contributed by atoms with Gasteiger partial charge in [-0.05, 0) is 36.8 Å². The quantitative estimate of drug-likeness (QED) is 0.836. The van der Waals surface area contributed by atoms with Crippen molar-refractivity contribution in [1.82, 2.24) is 5.32 Å². The first kappa shape index (κ1) is 11.1. The molecule has 2 aliphatic carbocycles. The van der Waals surface area contributed by atoms with Crippen LogP contribution in [-0.2, 0) is 4.79 Å². The Labute approximate surface area is 109 Å². The number of allylic oxidation sites excluding steroid dienone is 3. The fraction of sp³-hybridized carbons (Fsp3) is 0.462. The fourth-order valence-electron chi connectivity index (χ4n) is 2.50. The summed E-state index contributed by atoms with van der Waals surface area (Å²) in [5.41, 5.74) is 7.85. The highest BCUT2D eigenvalue weighted by Gasteiger charge is 2.36. The van der Waals surface area contributed by atoms with Crippen LogP contribution in [0.3, 0.4) is 0 Å². The molecule has 0 spiro atoms. The summed E-state index contributed by atoms with van der Waals surface area (Å²) in [6, 6.07) is 0.0284. The van der Waals surface area contributed by atoms with Gasteiger partial charge in [-0.3, -0.25) is 4.79 Å². The van der Waals surface area contributed by atoms with E-state index < -0.39 is 0 Å². The van der Waals surface area contributed by atoms with Gasteiger partial charge < -0.3 is 11.1 Å². The Morgan fingerprint density at radius 1 is 1.53 bits per heavy atom. The summed E-state index contributed by atoms with van der Waals surface area (Å²) in [6.07, 6.45) is 9.75. The van der Waals surface area contributed by atoms with E-state index in [0.29, 0.717) is 0 Å². The number of amides is 1. The molecule has 1 fully saturated rings. The highest BCUT2D eigenvalue weighted by molar-refractivity contribution is 9.11. The summed E-state index contributed by atoms with van der Waals surface area (Å²) in [7, 11) is 0. The monoisotopic (exact) mass is 294 g/mol. The Morgan fingerprint density at radius 3 is 2.94 bits per heavy atom. The number of nitrogens with two attached hydrogens (primary N) is 1. The summed E-state index contributed by atoms with van der Waals surface area (Å²) in [5.74, 6) is 0.338. The van der Waals surface area contributed by atoms with Gasteiger partial charge in [-0.25, -0.2) is 0 Å². The van der Waals surface area contributed by atoms with Crippen molar-refractivity contribution in [2.75, 3.05) is 0 Å². The third-order valence-corrected chi connectivity index (χ3v) is 4.35. The first-order chi connectivity index (χ1) is 8.15. The molecule has 0 saturated heterocycles. The number of hydrogen-bond acceptors (Lipinski definition) is 2. The largest absolute Gasteiger partial charge is 0.380 e. The molecule has 1 saturated carbocycles. The molecule has 90 valence electrons. The molecule has 3 nitrogen and oxygen atoms in total. The third kappa shape index (κ3) is 2.06. The Balaban J connectivity index is 1.84. The van der Waals surface area contributed by atoms with Gasteiger partial charge in [-0.2, -0.15) is 0 Å². The number of halogens is 1. The van der Waals surface area contributed by atoms with Crippen LogP contribution in [-0.4, -0.2) is 11.9 Å². The van der Waals surface area contributed by atoms with Crippen LogP contribution in [0.5, 0.6) is 0 Å². The van der Waals surface area contributed by atoms with Gasteiger partial charge in [0.25, 0.3) is 0 Å². The Hall–Kier alpha value is -1.03. The van der Waals surface area contributed by atoms with E-state index in [1.54, 1.807) is 0 Å². The smallest absolute Gasteiger partial charge is 0.226 e. The number of primary amides is 1. The molecule has 0 radical (unpaired) electrons. The average Bonchev–Trinajstić information content (AvgIpc) is 2.96. The summed E-state index contributed by atoms with van der Waals surface area (Å²) in [5, 5.41) is 3.45. The van der Waals surface area contributed by atoms with Gasteiger partial charge >= 0.3 is 0 Å². The van der Waals surface area contributed by atoms with Crippen molar-refractivity contribution >= 4 is 21.8 Å². The molecule has 0 aromatic heterocycles. The second-order valence-corrected chi connectivity index (χ2v) is 5.88. The molecule has 2 atom stereocenters. The second-order valence-electron chi connectivity index (χ2n) is 5.03. The van der Waals surface area contributed by atoms with Gasteiger partial charge in [0.1, 0.15) is 0 Å². The van der Waals surface area contributed by atoms with Crippen LogP contribution < -0.4 is 11.1 Å². The number of nitrogens with one attached hydrogen (secondary N) is 1. The number of hydrogen-bond donors (Lipinski definition) is 2. The van der Waals surface area contributed by atoms with Gasteiger partial charge in [-0.1, -0.05) is 28.1 Å². The summed E-state index contributed by atoms with van der Waals surface area (Å²) < 4.78 is 1.05. The molecule has 1 amide bonds. The van der Waals surface area contributed by atoms with E-state index in [2.05, 4.69) is 27.3 Å². The minimum absolute atomic E-state index is 0.0284. The molecule has 1 aliphatic heterocycles. The number of carbonyl (C=O) groups excluding carboxylic acids is 1. The number of rotatable bonds is 3. The second kappa shape index (κ2) is 4.02. The van der Waals surface area contributed by atoms with E-state index in [-0.39, 0.29) is 17.9 Å². The molecule has 0 aromatic carbocycles. The Kier molecular flexibility index (Phi) is 2.62. The first-order valence-corrected chi connectivity index (χ1v) is 6.79. The van der Waals surface area contributed by atoms with E-state index in [4.69, 9.17) is 5.73 Å². The molecule has 2 unspecified atom stereocenters. The maximum absolute atomic E-state index is 11.4. The summed E-state index contributed by atoms with van der Waals surface area (Å²) >= 11 is 3.54. The van der Waals surface area contributed by atoms with Crippen molar-refractivity contribution in [3.05, 3.63) is 34.0 Å². The molecule has 0 aromatic rings. The van der Waals surface area contributed by atoms with Crippen molar-refractivity contribution in [2.24, 2.45) is 17.6 Å². The zero-order valence-corrected chi connectivity index (χ0v) is 11.0. The lowest BCUT2D eigenvalue weighted by molar-refractivity contribution is -0.120. The van der Waals surface area contributed by atoms with E-state index in [9.17, 15) is 4.79 Å². The lowest BCUT2D eigenvalue weighted by Gasteiger charge is -2.24. The van der Waals surface area contributed by atoms with E-state index >= 15 is 0 Å². The molecule has 1 heterocycles. The van der Waals surface area contributed by atoms with Crippen molar-refractivity contribution in [3.8, 4) is 0 Å². The van der Waals surface area contributed by atoms with Crippen LogP contribution in [0.1, 0.15) is 19.3 Å². The van der Waals surface area contributed by atoms with Crippen molar-refractivity contribution < 1.29 is 4.79 Å². The summed E-state index contributed by atoms with van der Waals surface area (Å²) in [6.45, 7) is 0. The van der Waals surface area contributed by atoms with E-state index in [0.717, 1.165) is 22.4 Å².